The van der Waals surface area contributed by atoms with Crippen molar-refractivity contribution in [2.24, 2.45) is 0 Å². The lowest BCUT2D eigenvalue weighted by molar-refractivity contribution is 0.231. The molecular weight excluding hydrogens is 301 g/mol. The Morgan fingerprint density at radius 3 is 2.83 bits per heavy atom. The Morgan fingerprint density at radius 1 is 1.39 bits per heavy atom. The molecule has 1 heterocycles. The number of nitrogens with one attached hydrogen (secondary N) is 2. The van der Waals surface area contributed by atoms with Gasteiger partial charge in [0.15, 0.2) is 0 Å². The molecule has 2 aromatic rings. The highest BCUT2D eigenvalue weighted by Crippen LogP contribution is 2.18. The number of aromatic nitrogens is 1. The lowest BCUT2D eigenvalue weighted by Crippen LogP contribution is -2.41. The molecule has 6 nitrogen and oxygen atoms in total. The van der Waals surface area contributed by atoms with Gasteiger partial charge in [-0.15, -0.1) is 0 Å². The molecule has 0 saturated carbocycles. The summed E-state index contributed by atoms with van der Waals surface area (Å²) in [4.78, 5) is 15.9. The van der Waals surface area contributed by atoms with Crippen molar-refractivity contribution in [1.82, 2.24) is 15.6 Å². The summed E-state index contributed by atoms with van der Waals surface area (Å²) in [6.45, 7) is 2.27. The van der Waals surface area contributed by atoms with Crippen LogP contribution in [0, 0.1) is 5.82 Å². The molecule has 124 valence electrons. The fourth-order valence-corrected chi connectivity index (χ4v) is 1.99. The molecule has 2 amide bonds. The van der Waals surface area contributed by atoms with Crippen molar-refractivity contribution in [2.75, 3.05) is 13.2 Å². The number of carbonyl (C=O) groups excluding carboxylic acids is 1. The standard InChI is InChI=1S/C16H20FN3O3/c1-11(7-9-21)19-16(22)18-8-6-14-10-23-15(20-14)12-2-4-13(17)5-3-12/h2-5,10-11,21H,6-9H2,1H3,(H2,18,19,22)/t11-/m1/s1. The van der Waals surface area contributed by atoms with E-state index < -0.39 is 0 Å². The average molecular weight is 321 g/mol. The molecule has 0 unspecified atom stereocenters. The van der Waals surface area contributed by atoms with Gasteiger partial charge in [-0.25, -0.2) is 14.2 Å². The molecule has 0 aliphatic heterocycles. The Hall–Kier alpha value is -2.41. The van der Waals surface area contributed by atoms with Gasteiger partial charge in [0.05, 0.1) is 5.69 Å². The zero-order valence-corrected chi connectivity index (χ0v) is 12.9. The van der Waals surface area contributed by atoms with Crippen molar-refractivity contribution in [2.45, 2.75) is 25.8 Å². The van der Waals surface area contributed by atoms with Gasteiger partial charge in [-0.05, 0) is 37.6 Å². The van der Waals surface area contributed by atoms with E-state index in [4.69, 9.17) is 9.52 Å². The summed E-state index contributed by atoms with van der Waals surface area (Å²) in [5, 5.41) is 14.2. The van der Waals surface area contributed by atoms with Crippen LogP contribution in [0.5, 0.6) is 0 Å². The number of amides is 2. The summed E-state index contributed by atoms with van der Waals surface area (Å²) in [6.07, 6.45) is 2.55. The van der Waals surface area contributed by atoms with Gasteiger partial charge in [-0.1, -0.05) is 0 Å². The Balaban J connectivity index is 1.79. The molecule has 1 aromatic carbocycles. The molecule has 0 spiro atoms. The van der Waals surface area contributed by atoms with Crippen LogP contribution in [0.3, 0.4) is 0 Å². The maximum Gasteiger partial charge on any atom is 0.315 e. The number of urea groups is 1. The molecule has 0 bridgehead atoms. The largest absolute Gasteiger partial charge is 0.444 e. The summed E-state index contributed by atoms with van der Waals surface area (Å²) in [5.41, 5.74) is 1.40. The number of benzene rings is 1. The average Bonchev–Trinajstić information content (AvgIpc) is 2.97. The van der Waals surface area contributed by atoms with Gasteiger partial charge in [0, 0.05) is 31.2 Å². The molecule has 0 saturated heterocycles. The summed E-state index contributed by atoms with van der Waals surface area (Å²) < 4.78 is 18.2. The van der Waals surface area contributed by atoms with Crippen LogP contribution in [0.25, 0.3) is 11.5 Å². The van der Waals surface area contributed by atoms with E-state index in [1.807, 2.05) is 6.92 Å². The number of hydrogen-bond acceptors (Lipinski definition) is 4. The Morgan fingerprint density at radius 2 is 2.13 bits per heavy atom. The second kappa shape index (κ2) is 8.28. The van der Waals surface area contributed by atoms with E-state index in [2.05, 4.69) is 15.6 Å². The quantitative estimate of drug-likeness (QED) is 0.729. The van der Waals surface area contributed by atoms with Gasteiger partial charge in [0.25, 0.3) is 0 Å². The summed E-state index contributed by atoms with van der Waals surface area (Å²) in [5.74, 6) is 0.104. The van der Waals surface area contributed by atoms with Crippen molar-refractivity contribution in [1.29, 1.82) is 0 Å². The van der Waals surface area contributed by atoms with E-state index in [1.54, 1.807) is 12.1 Å². The van der Waals surface area contributed by atoms with Gasteiger partial charge in [-0.2, -0.15) is 0 Å². The lowest BCUT2D eigenvalue weighted by Gasteiger charge is -2.12. The third-order valence-corrected chi connectivity index (χ3v) is 3.25. The zero-order valence-electron chi connectivity index (χ0n) is 12.9. The second-order valence-electron chi connectivity index (χ2n) is 5.21. The minimum atomic E-state index is -0.314. The van der Waals surface area contributed by atoms with Crippen LogP contribution in [0.2, 0.25) is 0 Å². The predicted octanol–water partition coefficient (Wildman–Crippen LogP) is 2.09. The van der Waals surface area contributed by atoms with Gasteiger partial charge < -0.3 is 20.2 Å². The Kier molecular flexibility index (Phi) is 6.10. The van der Waals surface area contributed by atoms with Crippen molar-refractivity contribution < 1.29 is 18.7 Å². The highest BCUT2D eigenvalue weighted by atomic mass is 19.1. The van der Waals surface area contributed by atoms with Gasteiger partial charge in [-0.3, -0.25) is 0 Å². The fourth-order valence-electron chi connectivity index (χ4n) is 1.99. The summed E-state index contributed by atoms with van der Waals surface area (Å²) >= 11 is 0. The smallest absolute Gasteiger partial charge is 0.315 e. The molecule has 0 fully saturated rings. The maximum atomic E-state index is 12.9. The topological polar surface area (TPSA) is 87.4 Å². The lowest BCUT2D eigenvalue weighted by atomic mass is 10.2. The van der Waals surface area contributed by atoms with Crippen molar-refractivity contribution in [3.8, 4) is 11.5 Å². The van der Waals surface area contributed by atoms with E-state index in [9.17, 15) is 9.18 Å². The summed E-state index contributed by atoms with van der Waals surface area (Å²) in [6, 6.07) is 5.51. The van der Waals surface area contributed by atoms with E-state index in [0.717, 1.165) is 0 Å². The van der Waals surface area contributed by atoms with Gasteiger partial charge >= 0.3 is 6.03 Å². The molecule has 1 aromatic heterocycles. The number of aliphatic hydroxyl groups excluding tert-OH is 1. The van der Waals surface area contributed by atoms with E-state index in [1.165, 1.54) is 18.4 Å². The molecule has 1 atom stereocenters. The van der Waals surface area contributed by atoms with E-state index >= 15 is 0 Å². The molecule has 0 aliphatic rings. The monoisotopic (exact) mass is 321 g/mol. The first-order chi connectivity index (χ1) is 11.1. The number of aliphatic hydroxyl groups is 1. The number of oxazole rings is 1. The molecule has 2 rings (SSSR count). The molecular formula is C16H20FN3O3. The van der Waals surface area contributed by atoms with Gasteiger partial charge in [0.2, 0.25) is 5.89 Å². The van der Waals surface area contributed by atoms with Crippen LogP contribution in [-0.2, 0) is 6.42 Å². The Bertz CT molecular complexity index is 628. The first kappa shape index (κ1) is 17.0. The SMILES string of the molecule is C[C@H](CCO)NC(=O)NCCc1coc(-c2ccc(F)cc2)n1. The summed E-state index contributed by atoms with van der Waals surface area (Å²) in [7, 11) is 0. The minimum absolute atomic E-state index is 0.0343. The number of carbonyl (C=O) groups is 1. The molecule has 7 heteroatoms. The van der Waals surface area contributed by atoms with E-state index in [0.29, 0.717) is 36.5 Å². The molecule has 3 N–H and O–H groups in total. The van der Waals surface area contributed by atoms with Crippen LogP contribution >= 0.6 is 0 Å². The van der Waals surface area contributed by atoms with Crippen molar-refractivity contribution >= 4 is 6.03 Å². The van der Waals surface area contributed by atoms with E-state index in [-0.39, 0.29) is 24.5 Å². The molecule has 0 aliphatic carbocycles. The third kappa shape index (κ3) is 5.37. The highest BCUT2D eigenvalue weighted by molar-refractivity contribution is 5.74. The predicted molar refractivity (Wildman–Crippen MR) is 83.3 cm³/mol. The highest BCUT2D eigenvalue weighted by Gasteiger charge is 2.09. The number of hydrogen-bond donors (Lipinski definition) is 3. The van der Waals surface area contributed by atoms with Gasteiger partial charge in [0.1, 0.15) is 12.1 Å². The third-order valence-electron chi connectivity index (χ3n) is 3.25. The van der Waals surface area contributed by atoms with Crippen LogP contribution < -0.4 is 10.6 Å². The fraction of sp³-hybridized carbons (Fsp3) is 0.375. The first-order valence-electron chi connectivity index (χ1n) is 7.44. The van der Waals surface area contributed by atoms with Crippen LogP contribution in [0.15, 0.2) is 34.9 Å². The minimum Gasteiger partial charge on any atom is -0.444 e. The normalized spacial score (nSPS) is 12.0. The second-order valence-corrected chi connectivity index (χ2v) is 5.21. The van der Waals surface area contributed by atoms with Crippen molar-refractivity contribution in [3.63, 3.8) is 0 Å². The first-order valence-corrected chi connectivity index (χ1v) is 7.44. The van der Waals surface area contributed by atoms with Crippen LogP contribution in [0.1, 0.15) is 19.0 Å². The Labute approximate surface area is 133 Å². The molecule has 23 heavy (non-hydrogen) atoms. The van der Waals surface area contributed by atoms with Crippen molar-refractivity contribution in [3.05, 3.63) is 42.0 Å². The van der Waals surface area contributed by atoms with Crippen LogP contribution in [0.4, 0.5) is 9.18 Å². The van der Waals surface area contributed by atoms with Crippen LogP contribution in [-0.4, -0.2) is 35.3 Å². The number of nitrogens with zero attached hydrogens (tertiary/aromatic N) is 1. The zero-order chi connectivity index (χ0) is 16.7. The number of halogens is 1. The molecule has 0 radical (unpaired) electrons. The maximum absolute atomic E-state index is 12.9. The number of rotatable bonds is 7.